The number of hydrogen-bond donors (Lipinski definition) is 0. The van der Waals surface area contributed by atoms with Crippen LogP contribution in [-0.2, 0) is 0 Å². The van der Waals surface area contributed by atoms with Gasteiger partial charge in [0.15, 0.2) is 0 Å². The van der Waals surface area contributed by atoms with Gasteiger partial charge in [-0.1, -0.05) is 133 Å². The molecule has 2 heteroatoms. The Bertz CT molecular complexity index is 1930. The van der Waals surface area contributed by atoms with E-state index in [0.29, 0.717) is 11.1 Å². The summed E-state index contributed by atoms with van der Waals surface area (Å²) in [4.78, 5) is 0. The van der Waals surface area contributed by atoms with Crippen LogP contribution in [0.4, 0.5) is 0 Å². The number of rotatable bonds is 6. The van der Waals surface area contributed by atoms with Gasteiger partial charge in [0, 0.05) is 34.9 Å². The molecule has 0 aliphatic rings. The Labute approximate surface area is 252 Å². The average Bonchev–Trinajstić information content (AvgIpc) is 3.09. The van der Waals surface area contributed by atoms with E-state index in [1.165, 1.54) is 0 Å². The maximum absolute atomic E-state index is 14.5. The van der Waals surface area contributed by atoms with Gasteiger partial charge in [-0.05, 0) is 58.1 Å². The van der Waals surface area contributed by atoms with Crippen LogP contribution in [0.5, 0.6) is 5.75 Å². The van der Waals surface area contributed by atoms with Crippen LogP contribution in [-0.4, -0.2) is 0 Å². The van der Waals surface area contributed by atoms with Crippen molar-refractivity contribution in [2.24, 2.45) is 0 Å². The minimum atomic E-state index is 0.00700. The first-order valence-electron chi connectivity index (χ1n) is 14.5. The lowest BCUT2D eigenvalue weighted by atomic mass is 9.93. The lowest BCUT2D eigenvalue weighted by Crippen LogP contribution is -2.37. The molecule has 7 aromatic rings. The molecule has 0 aliphatic heterocycles. The summed E-state index contributed by atoms with van der Waals surface area (Å²) in [7, 11) is 0. The fraction of sp³-hybridized carbons (Fsp3) is 0. The van der Waals surface area contributed by atoms with E-state index in [9.17, 15) is 5.11 Å². The minimum absolute atomic E-state index is 0.00700. The zero-order chi connectivity index (χ0) is 29.0. The van der Waals surface area contributed by atoms with Crippen LogP contribution >= 0.6 is 0 Å². The van der Waals surface area contributed by atoms with E-state index >= 15 is 0 Å². The Morgan fingerprint density at radius 3 is 1.21 bits per heavy atom. The summed E-state index contributed by atoms with van der Waals surface area (Å²) in [5.41, 5.74) is 10.4. The lowest BCUT2D eigenvalue weighted by molar-refractivity contribution is -0.571. The molecule has 0 radical (unpaired) electrons. The summed E-state index contributed by atoms with van der Waals surface area (Å²) in [5.74, 6) is 0.00700. The van der Waals surface area contributed by atoms with E-state index in [0.717, 1.165) is 50.5 Å². The summed E-state index contributed by atoms with van der Waals surface area (Å²) in [6.45, 7) is 0. The molecule has 0 amide bonds. The van der Waals surface area contributed by atoms with E-state index in [2.05, 4.69) is 95.6 Å². The zero-order valence-electron chi connectivity index (χ0n) is 23.6. The van der Waals surface area contributed by atoms with E-state index in [4.69, 9.17) is 0 Å². The number of aromatic nitrogens is 1. The van der Waals surface area contributed by atoms with Crippen molar-refractivity contribution in [3.63, 3.8) is 0 Å². The Hall–Kier alpha value is -5.73. The maximum atomic E-state index is 14.5. The number of benzene rings is 6. The maximum Gasteiger partial charge on any atom is 0.219 e. The van der Waals surface area contributed by atoms with Crippen LogP contribution in [0.1, 0.15) is 0 Å². The van der Waals surface area contributed by atoms with Crippen molar-refractivity contribution in [2.45, 2.75) is 0 Å². The highest BCUT2D eigenvalue weighted by atomic mass is 16.3. The summed E-state index contributed by atoms with van der Waals surface area (Å²) in [6, 6.07) is 59.8. The minimum Gasteiger partial charge on any atom is -0.871 e. The van der Waals surface area contributed by atoms with Crippen molar-refractivity contribution in [1.29, 1.82) is 0 Å². The van der Waals surface area contributed by atoms with Gasteiger partial charge in [0.25, 0.3) is 0 Å². The van der Waals surface area contributed by atoms with E-state index in [1.807, 2.05) is 84.9 Å². The van der Waals surface area contributed by atoms with Crippen molar-refractivity contribution < 1.29 is 9.67 Å². The highest BCUT2D eigenvalue weighted by Gasteiger charge is 2.28. The third-order valence-electron chi connectivity index (χ3n) is 7.84. The second-order valence-corrected chi connectivity index (χ2v) is 10.5. The molecule has 7 rings (SSSR count). The first kappa shape index (κ1) is 26.2. The van der Waals surface area contributed by atoms with Gasteiger partial charge in [0.1, 0.15) is 0 Å². The molecule has 0 aliphatic carbocycles. The molecular formula is C41H29NO. The molecule has 0 saturated heterocycles. The molecule has 0 N–H and O–H groups in total. The molecule has 1 heterocycles. The first-order valence-corrected chi connectivity index (χ1v) is 14.5. The van der Waals surface area contributed by atoms with Crippen LogP contribution in [0.2, 0.25) is 0 Å². The fourth-order valence-corrected chi connectivity index (χ4v) is 5.78. The second-order valence-electron chi connectivity index (χ2n) is 10.5. The molecule has 0 unspecified atom stereocenters. The van der Waals surface area contributed by atoms with Crippen molar-refractivity contribution in [3.05, 3.63) is 176 Å². The van der Waals surface area contributed by atoms with Gasteiger partial charge in [-0.25, -0.2) is 0 Å². The summed E-state index contributed by atoms with van der Waals surface area (Å²) < 4.78 is 2.26. The molecule has 2 nitrogen and oxygen atoms in total. The quantitative estimate of drug-likeness (QED) is 0.189. The van der Waals surface area contributed by atoms with Crippen LogP contribution in [0, 0.1) is 0 Å². The Kier molecular flexibility index (Phi) is 7.09. The monoisotopic (exact) mass is 551 g/mol. The Morgan fingerprint density at radius 1 is 0.349 bits per heavy atom. The predicted molar refractivity (Wildman–Crippen MR) is 175 cm³/mol. The molecule has 0 bridgehead atoms. The van der Waals surface area contributed by atoms with Gasteiger partial charge in [0.2, 0.25) is 17.1 Å². The molecule has 0 spiro atoms. The fourth-order valence-electron chi connectivity index (χ4n) is 5.78. The van der Waals surface area contributed by atoms with E-state index in [-0.39, 0.29) is 5.75 Å². The van der Waals surface area contributed by atoms with Crippen LogP contribution < -0.4 is 9.67 Å². The van der Waals surface area contributed by atoms with Gasteiger partial charge in [-0.3, -0.25) is 0 Å². The molecule has 204 valence electrons. The van der Waals surface area contributed by atoms with Crippen molar-refractivity contribution in [3.8, 4) is 67.3 Å². The van der Waals surface area contributed by atoms with Gasteiger partial charge in [-0.2, -0.15) is 4.57 Å². The van der Waals surface area contributed by atoms with Crippen LogP contribution in [0.3, 0.4) is 0 Å². The smallest absolute Gasteiger partial charge is 0.219 e. The molecule has 43 heavy (non-hydrogen) atoms. The number of pyridine rings is 1. The molecular weight excluding hydrogens is 522 g/mol. The van der Waals surface area contributed by atoms with Crippen molar-refractivity contribution in [2.75, 3.05) is 0 Å². The average molecular weight is 552 g/mol. The summed E-state index contributed by atoms with van der Waals surface area (Å²) >= 11 is 0. The van der Waals surface area contributed by atoms with Crippen molar-refractivity contribution in [1.82, 2.24) is 0 Å². The second kappa shape index (κ2) is 11.6. The first-order chi connectivity index (χ1) is 21.3. The highest BCUT2D eigenvalue weighted by molar-refractivity contribution is 5.86. The molecule has 1 aromatic heterocycles. The van der Waals surface area contributed by atoms with Gasteiger partial charge in [-0.15, -0.1) is 0 Å². The summed E-state index contributed by atoms with van der Waals surface area (Å²) in [6.07, 6.45) is 0. The van der Waals surface area contributed by atoms with E-state index in [1.54, 1.807) is 0 Å². The molecule has 0 fully saturated rings. The van der Waals surface area contributed by atoms with E-state index < -0.39 is 0 Å². The standard InChI is InChI=1S/C41H29NO/c43-41-36(31-18-8-2-9-19-31)26-27-37(40(41)34-24-14-5-15-25-34)42-38(32-20-10-3-11-21-32)28-35(30-16-6-1-7-17-30)29-39(42)33-22-12-4-13-23-33/h1-29H. The molecule has 0 atom stereocenters. The molecule has 6 aromatic carbocycles. The Morgan fingerprint density at radius 2 is 0.744 bits per heavy atom. The summed E-state index contributed by atoms with van der Waals surface area (Å²) in [5, 5.41) is 14.5. The van der Waals surface area contributed by atoms with Crippen LogP contribution in [0.15, 0.2) is 176 Å². The highest BCUT2D eigenvalue weighted by Crippen LogP contribution is 2.41. The lowest BCUT2D eigenvalue weighted by Gasteiger charge is -2.22. The number of hydrogen-bond acceptors (Lipinski definition) is 1. The zero-order valence-corrected chi connectivity index (χ0v) is 23.6. The van der Waals surface area contributed by atoms with Gasteiger partial charge in [0.05, 0.1) is 0 Å². The normalized spacial score (nSPS) is 10.9. The van der Waals surface area contributed by atoms with Gasteiger partial charge >= 0.3 is 0 Å². The van der Waals surface area contributed by atoms with Crippen LogP contribution in [0.25, 0.3) is 61.6 Å². The Balaban J connectivity index is 1.61. The largest absolute Gasteiger partial charge is 0.871 e. The van der Waals surface area contributed by atoms with Crippen molar-refractivity contribution >= 4 is 0 Å². The molecule has 0 saturated carbocycles. The SMILES string of the molecule is [O-]c1c(-c2ccccc2)ccc(-[n+]2c(-c3ccccc3)cc(-c3ccccc3)cc2-c2ccccc2)c1-c1ccccc1. The third-order valence-corrected chi connectivity index (χ3v) is 7.84. The number of nitrogens with zero attached hydrogens (tertiary/aromatic N) is 1. The van der Waals surface area contributed by atoms with Gasteiger partial charge < -0.3 is 5.11 Å². The topological polar surface area (TPSA) is 26.9 Å². The predicted octanol–water partition coefficient (Wildman–Crippen LogP) is 9.37. The third kappa shape index (κ3) is 5.11.